The van der Waals surface area contributed by atoms with E-state index in [4.69, 9.17) is 11.6 Å². The third-order valence-corrected chi connectivity index (χ3v) is 5.55. The molecule has 4 aromatic rings. The molecule has 2 heterocycles. The number of rotatable bonds is 4. The molecular formula is C23H23ClN4O2. The molecule has 2 aromatic heterocycles. The van der Waals surface area contributed by atoms with Crippen LogP contribution in [-0.2, 0) is 11.8 Å². The predicted molar refractivity (Wildman–Crippen MR) is 117 cm³/mol. The van der Waals surface area contributed by atoms with Gasteiger partial charge in [0.2, 0.25) is 0 Å². The summed E-state index contributed by atoms with van der Waals surface area (Å²) >= 11 is 6.51. The molecule has 0 radical (unpaired) electrons. The van der Waals surface area contributed by atoms with Crippen LogP contribution >= 0.6 is 11.6 Å². The second kappa shape index (κ2) is 7.29. The summed E-state index contributed by atoms with van der Waals surface area (Å²) in [5, 5.41) is 17.6. The summed E-state index contributed by atoms with van der Waals surface area (Å²) in [6.07, 6.45) is 0.658. The SMILES string of the molecule is Cc1ccc(C(=O)O)cc1Cc1ccc(-c2nc3c(Cl)c(C(C)(C)C)[nH]n3n2)cc1. The summed E-state index contributed by atoms with van der Waals surface area (Å²) in [7, 11) is 0. The van der Waals surface area contributed by atoms with E-state index in [0.29, 0.717) is 28.5 Å². The fourth-order valence-corrected chi connectivity index (χ4v) is 3.85. The molecular weight excluding hydrogens is 400 g/mol. The highest BCUT2D eigenvalue weighted by Gasteiger charge is 2.24. The normalized spacial score (nSPS) is 11.9. The molecule has 0 saturated heterocycles. The van der Waals surface area contributed by atoms with Gasteiger partial charge >= 0.3 is 5.97 Å². The summed E-state index contributed by atoms with van der Waals surface area (Å²) in [4.78, 5) is 15.8. The van der Waals surface area contributed by atoms with Crippen LogP contribution < -0.4 is 0 Å². The zero-order valence-electron chi connectivity index (χ0n) is 17.3. The van der Waals surface area contributed by atoms with E-state index in [0.717, 1.165) is 27.9 Å². The van der Waals surface area contributed by atoms with Crippen LogP contribution in [-0.4, -0.2) is 30.9 Å². The Bertz CT molecular complexity index is 1250. The second-order valence-corrected chi connectivity index (χ2v) is 8.92. The Morgan fingerprint density at radius 3 is 2.47 bits per heavy atom. The number of nitrogens with zero attached hydrogens (tertiary/aromatic N) is 3. The zero-order chi connectivity index (χ0) is 21.6. The third kappa shape index (κ3) is 3.71. The molecule has 0 bridgehead atoms. The molecule has 30 heavy (non-hydrogen) atoms. The van der Waals surface area contributed by atoms with E-state index in [1.165, 1.54) is 0 Å². The molecule has 0 atom stereocenters. The van der Waals surface area contributed by atoms with Gasteiger partial charge in [-0.3, -0.25) is 5.10 Å². The number of H-pyrrole nitrogens is 1. The van der Waals surface area contributed by atoms with E-state index >= 15 is 0 Å². The number of nitrogens with one attached hydrogen (secondary N) is 1. The van der Waals surface area contributed by atoms with E-state index in [1.807, 2.05) is 37.3 Å². The highest BCUT2D eigenvalue weighted by molar-refractivity contribution is 6.34. The summed E-state index contributed by atoms with van der Waals surface area (Å²) in [6, 6.07) is 13.2. The van der Waals surface area contributed by atoms with Crippen molar-refractivity contribution in [1.82, 2.24) is 19.8 Å². The summed E-state index contributed by atoms with van der Waals surface area (Å²) < 4.78 is 1.62. The fourth-order valence-electron chi connectivity index (χ4n) is 3.40. The van der Waals surface area contributed by atoms with Crippen LogP contribution in [0.25, 0.3) is 17.0 Å². The topological polar surface area (TPSA) is 83.3 Å². The molecule has 0 aliphatic carbocycles. The molecule has 0 aliphatic rings. The fraction of sp³-hybridized carbons (Fsp3) is 0.261. The van der Waals surface area contributed by atoms with Gasteiger partial charge in [0.1, 0.15) is 5.02 Å². The molecule has 0 unspecified atom stereocenters. The average Bonchev–Trinajstić information content (AvgIpc) is 3.23. The van der Waals surface area contributed by atoms with E-state index < -0.39 is 5.97 Å². The van der Waals surface area contributed by atoms with E-state index in [-0.39, 0.29) is 5.41 Å². The van der Waals surface area contributed by atoms with Gasteiger partial charge in [0.25, 0.3) is 0 Å². The number of aromatic nitrogens is 4. The van der Waals surface area contributed by atoms with Crippen molar-refractivity contribution >= 4 is 23.2 Å². The first-order valence-corrected chi connectivity index (χ1v) is 10.1. The lowest BCUT2D eigenvalue weighted by Crippen LogP contribution is -2.12. The first-order chi connectivity index (χ1) is 14.1. The number of aromatic amines is 1. The Hall–Kier alpha value is -3.12. The van der Waals surface area contributed by atoms with Crippen LogP contribution in [0.3, 0.4) is 0 Å². The maximum absolute atomic E-state index is 11.2. The minimum Gasteiger partial charge on any atom is -0.478 e. The largest absolute Gasteiger partial charge is 0.478 e. The van der Waals surface area contributed by atoms with Crippen LogP contribution in [0.15, 0.2) is 42.5 Å². The maximum atomic E-state index is 11.2. The smallest absolute Gasteiger partial charge is 0.335 e. The predicted octanol–water partition coefficient (Wildman–Crippen LogP) is 5.27. The summed E-state index contributed by atoms with van der Waals surface area (Å²) in [6.45, 7) is 8.23. The Morgan fingerprint density at radius 1 is 1.17 bits per heavy atom. The molecule has 7 heteroatoms. The maximum Gasteiger partial charge on any atom is 0.335 e. The van der Waals surface area contributed by atoms with Gasteiger partial charge in [-0.15, -0.1) is 5.10 Å². The molecule has 154 valence electrons. The van der Waals surface area contributed by atoms with Gasteiger partial charge in [0.05, 0.1) is 11.3 Å². The number of hydrogen-bond donors (Lipinski definition) is 2. The van der Waals surface area contributed by atoms with Crippen LogP contribution in [0.1, 0.15) is 53.5 Å². The highest BCUT2D eigenvalue weighted by atomic mass is 35.5. The Labute approximate surface area is 179 Å². The number of aryl methyl sites for hydroxylation is 1. The highest BCUT2D eigenvalue weighted by Crippen LogP contribution is 2.31. The van der Waals surface area contributed by atoms with Gasteiger partial charge in [-0.25, -0.2) is 9.78 Å². The molecule has 0 saturated carbocycles. The monoisotopic (exact) mass is 422 g/mol. The number of hydrogen-bond acceptors (Lipinski definition) is 3. The lowest BCUT2D eigenvalue weighted by molar-refractivity contribution is 0.0696. The molecule has 0 spiro atoms. The number of aromatic carboxylic acids is 1. The summed E-state index contributed by atoms with van der Waals surface area (Å²) in [5.41, 5.74) is 5.73. The van der Waals surface area contributed by atoms with Crippen molar-refractivity contribution in [2.45, 2.75) is 39.5 Å². The van der Waals surface area contributed by atoms with E-state index in [2.05, 4.69) is 36.0 Å². The lowest BCUT2D eigenvalue weighted by Gasteiger charge is -2.16. The Balaban J connectivity index is 1.60. The van der Waals surface area contributed by atoms with Crippen LogP contribution in [0.2, 0.25) is 5.02 Å². The van der Waals surface area contributed by atoms with E-state index in [1.54, 1.807) is 16.8 Å². The number of carboxylic acids is 1. The third-order valence-electron chi connectivity index (χ3n) is 5.19. The second-order valence-electron chi connectivity index (χ2n) is 8.54. The molecule has 0 amide bonds. The Kier molecular flexibility index (Phi) is 4.90. The van der Waals surface area contributed by atoms with Crippen molar-refractivity contribution in [1.29, 1.82) is 0 Å². The molecule has 0 fully saturated rings. The first-order valence-electron chi connectivity index (χ1n) is 9.70. The Morgan fingerprint density at radius 2 is 1.87 bits per heavy atom. The lowest BCUT2D eigenvalue weighted by atomic mass is 9.92. The van der Waals surface area contributed by atoms with Crippen molar-refractivity contribution in [2.75, 3.05) is 0 Å². The molecule has 4 rings (SSSR count). The molecule has 2 aromatic carbocycles. The van der Waals surface area contributed by atoms with Gasteiger partial charge in [0.15, 0.2) is 11.5 Å². The van der Waals surface area contributed by atoms with Crippen molar-refractivity contribution < 1.29 is 9.90 Å². The minimum absolute atomic E-state index is 0.128. The van der Waals surface area contributed by atoms with Gasteiger partial charge in [0, 0.05) is 11.0 Å². The van der Waals surface area contributed by atoms with Gasteiger partial charge in [-0.2, -0.15) is 4.63 Å². The van der Waals surface area contributed by atoms with Crippen molar-refractivity contribution in [3.05, 3.63) is 75.4 Å². The standard InChI is InChI=1S/C23H23ClN4O2/c1-13-5-8-16(22(29)30)12-17(13)11-14-6-9-15(10-7-14)20-25-21-18(24)19(23(2,3)4)26-28(21)27-20/h5-10,12,26H,11H2,1-4H3,(H,29,30). The quantitative estimate of drug-likeness (QED) is 0.469. The number of carboxylic acid groups (broad SMARTS) is 1. The number of carbonyl (C=O) groups is 1. The molecule has 2 N–H and O–H groups in total. The van der Waals surface area contributed by atoms with Crippen LogP contribution in [0.4, 0.5) is 0 Å². The van der Waals surface area contributed by atoms with Crippen molar-refractivity contribution in [2.24, 2.45) is 0 Å². The first kappa shape index (κ1) is 20.2. The molecule has 0 aliphatic heterocycles. The van der Waals surface area contributed by atoms with Crippen LogP contribution in [0.5, 0.6) is 0 Å². The van der Waals surface area contributed by atoms with Crippen molar-refractivity contribution in [3.63, 3.8) is 0 Å². The average molecular weight is 423 g/mol. The van der Waals surface area contributed by atoms with Crippen molar-refractivity contribution in [3.8, 4) is 11.4 Å². The van der Waals surface area contributed by atoms with Gasteiger partial charge in [-0.05, 0) is 42.2 Å². The van der Waals surface area contributed by atoms with E-state index in [9.17, 15) is 9.90 Å². The molecule has 6 nitrogen and oxygen atoms in total. The van der Waals surface area contributed by atoms with Crippen LogP contribution in [0, 0.1) is 6.92 Å². The zero-order valence-corrected chi connectivity index (χ0v) is 18.1. The minimum atomic E-state index is -0.915. The van der Waals surface area contributed by atoms with Gasteiger partial charge in [-0.1, -0.05) is 62.7 Å². The van der Waals surface area contributed by atoms with Gasteiger partial charge < -0.3 is 5.11 Å². The number of benzene rings is 2. The summed E-state index contributed by atoms with van der Waals surface area (Å²) in [5.74, 6) is -0.319. The number of halogens is 1. The number of fused-ring (bicyclic) bond motifs is 1.